The van der Waals surface area contributed by atoms with E-state index in [-0.39, 0.29) is 5.41 Å². The normalized spacial score (nSPS) is 29.6. The molecular weight excluding hydrogens is 238 g/mol. The van der Waals surface area contributed by atoms with E-state index in [4.69, 9.17) is 0 Å². The number of carbonyl (C=O) groups is 1. The molecule has 0 saturated carbocycles. The Kier molecular flexibility index (Phi) is 4.85. The van der Waals surface area contributed by atoms with Crippen LogP contribution in [0.3, 0.4) is 0 Å². The Labute approximate surface area is 117 Å². The Bertz CT molecular complexity index is 305. The summed E-state index contributed by atoms with van der Waals surface area (Å²) < 4.78 is 0. The molecule has 0 aliphatic carbocycles. The summed E-state index contributed by atoms with van der Waals surface area (Å²) in [5, 5.41) is 3.36. The minimum Gasteiger partial charge on any atom is -0.342 e. The summed E-state index contributed by atoms with van der Waals surface area (Å²) >= 11 is 0. The van der Waals surface area contributed by atoms with Crippen LogP contribution in [0.4, 0.5) is 0 Å². The summed E-state index contributed by atoms with van der Waals surface area (Å²) in [5.41, 5.74) is -0.128. The Hall–Kier alpha value is -0.610. The molecule has 1 amide bonds. The van der Waals surface area contributed by atoms with Gasteiger partial charge in [0.05, 0.1) is 5.41 Å². The number of hydrogen-bond donors (Lipinski definition) is 1. The monoisotopic (exact) mass is 267 g/mol. The number of amides is 1. The topological polar surface area (TPSA) is 35.6 Å². The van der Waals surface area contributed by atoms with Gasteiger partial charge in [0.2, 0.25) is 5.91 Å². The van der Waals surface area contributed by atoms with Crippen molar-refractivity contribution < 1.29 is 4.79 Å². The number of hydrogen-bond acceptors (Lipinski definition) is 3. The Morgan fingerprint density at radius 2 is 2.05 bits per heavy atom. The summed E-state index contributed by atoms with van der Waals surface area (Å²) in [6.07, 6.45) is 4.21. The molecule has 19 heavy (non-hydrogen) atoms. The molecule has 0 spiro atoms. The van der Waals surface area contributed by atoms with E-state index in [1.807, 2.05) is 7.05 Å². The minimum atomic E-state index is -0.128. The van der Waals surface area contributed by atoms with E-state index in [0.717, 1.165) is 58.4 Å². The number of piperidine rings is 1. The highest BCUT2D eigenvalue weighted by molar-refractivity contribution is 5.83. The molecule has 2 rings (SSSR count). The number of carbonyl (C=O) groups excluding carboxylic acids is 1. The fourth-order valence-corrected chi connectivity index (χ4v) is 3.54. The lowest BCUT2D eigenvalue weighted by atomic mass is 9.82. The molecule has 1 unspecified atom stereocenters. The fraction of sp³-hybridized carbons (Fsp3) is 0.933. The van der Waals surface area contributed by atoms with E-state index in [0.29, 0.717) is 11.9 Å². The highest BCUT2D eigenvalue weighted by atomic mass is 16.2. The average Bonchev–Trinajstić information content (AvgIpc) is 2.96. The third kappa shape index (κ3) is 2.95. The summed E-state index contributed by atoms with van der Waals surface area (Å²) in [4.78, 5) is 17.4. The van der Waals surface area contributed by atoms with Crippen LogP contribution in [0.25, 0.3) is 0 Å². The molecule has 2 heterocycles. The lowest BCUT2D eigenvalue weighted by molar-refractivity contribution is -0.143. The molecule has 2 saturated heterocycles. The van der Waals surface area contributed by atoms with Crippen molar-refractivity contribution >= 4 is 5.91 Å². The van der Waals surface area contributed by atoms with Gasteiger partial charge in [0, 0.05) is 32.7 Å². The Balaban J connectivity index is 1.95. The summed E-state index contributed by atoms with van der Waals surface area (Å²) in [6, 6.07) is 0.444. The average molecular weight is 267 g/mol. The van der Waals surface area contributed by atoms with Crippen molar-refractivity contribution in [3.63, 3.8) is 0 Å². The van der Waals surface area contributed by atoms with Gasteiger partial charge in [-0.15, -0.1) is 0 Å². The van der Waals surface area contributed by atoms with Gasteiger partial charge in [-0.05, 0) is 38.8 Å². The zero-order chi connectivity index (χ0) is 13.9. The van der Waals surface area contributed by atoms with Crippen LogP contribution in [0, 0.1) is 5.41 Å². The second kappa shape index (κ2) is 6.23. The van der Waals surface area contributed by atoms with E-state index >= 15 is 0 Å². The van der Waals surface area contributed by atoms with Crippen molar-refractivity contribution in [2.45, 2.75) is 45.6 Å². The van der Waals surface area contributed by atoms with Crippen molar-refractivity contribution in [2.24, 2.45) is 5.41 Å². The molecule has 110 valence electrons. The molecule has 4 heteroatoms. The molecule has 1 atom stereocenters. The second-order valence-corrected chi connectivity index (χ2v) is 6.14. The SMILES string of the molecule is CCN1CCC(N(C)C(=O)C2(CC)CCNC2)CC1. The number of nitrogens with zero attached hydrogens (tertiary/aromatic N) is 2. The largest absolute Gasteiger partial charge is 0.342 e. The van der Waals surface area contributed by atoms with Crippen LogP contribution < -0.4 is 5.32 Å². The van der Waals surface area contributed by atoms with E-state index in [9.17, 15) is 4.79 Å². The molecule has 2 aliphatic rings. The van der Waals surface area contributed by atoms with Gasteiger partial charge in [0.25, 0.3) is 0 Å². The molecule has 0 aromatic heterocycles. The summed E-state index contributed by atoms with van der Waals surface area (Å²) in [6.45, 7) is 9.62. The predicted molar refractivity (Wildman–Crippen MR) is 78.1 cm³/mol. The number of rotatable bonds is 4. The lowest BCUT2D eigenvalue weighted by Gasteiger charge is -2.40. The van der Waals surface area contributed by atoms with Gasteiger partial charge in [-0.2, -0.15) is 0 Å². The van der Waals surface area contributed by atoms with E-state index < -0.39 is 0 Å². The van der Waals surface area contributed by atoms with Crippen molar-refractivity contribution in [1.29, 1.82) is 0 Å². The Morgan fingerprint density at radius 3 is 2.53 bits per heavy atom. The number of nitrogens with one attached hydrogen (secondary N) is 1. The molecular formula is C15H29N3O. The van der Waals surface area contributed by atoms with Crippen molar-refractivity contribution in [2.75, 3.05) is 39.8 Å². The quantitative estimate of drug-likeness (QED) is 0.834. The first kappa shape index (κ1) is 14.8. The van der Waals surface area contributed by atoms with Crippen LogP contribution in [-0.4, -0.2) is 61.5 Å². The molecule has 0 aromatic rings. The zero-order valence-corrected chi connectivity index (χ0v) is 12.7. The maximum Gasteiger partial charge on any atom is 0.230 e. The van der Waals surface area contributed by atoms with Crippen molar-refractivity contribution in [3.05, 3.63) is 0 Å². The van der Waals surface area contributed by atoms with E-state index in [1.165, 1.54) is 0 Å². The minimum absolute atomic E-state index is 0.128. The third-order valence-electron chi connectivity index (χ3n) is 5.25. The zero-order valence-electron chi connectivity index (χ0n) is 12.7. The predicted octanol–water partition coefficient (Wildman–Crippen LogP) is 1.32. The standard InChI is InChI=1S/C15H29N3O/c1-4-15(8-9-16-12-15)14(19)17(3)13-6-10-18(5-2)11-7-13/h13,16H,4-12H2,1-3H3. The lowest BCUT2D eigenvalue weighted by Crippen LogP contribution is -2.51. The molecule has 0 bridgehead atoms. The summed E-state index contributed by atoms with van der Waals surface area (Å²) in [7, 11) is 2.02. The summed E-state index contributed by atoms with van der Waals surface area (Å²) in [5.74, 6) is 0.370. The third-order valence-corrected chi connectivity index (χ3v) is 5.25. The van der Waals surface area contributed by atoms with Crippen LogP contribution in [0.15, 0.2) is 0 Å². The van der Waals surface area contributed by atoms with Crippen LogP contribution in [0.5, 0.6) is 0 Å². The second-order valence-electron chi connectivity index (χ2n) is 6.14. The van der Waals surface area contributed by atoms with E-state index in [2.05, 4.69) is 29.0 Å². The molecule has 2 aliphatic heterocycles. The van der Waals surface area contributed by atoms with Crippen molar-refractivity contribution in [1.82, 2.24) is 15.1 Å². The van der Waals surface area contributed by atoms with Gasteiger partial charge >= 0.3 is 0 Å². The molecule has 0 aromatic carbocycles. The highest BCUT2D eigenvalue weighted by Gasteiger charge is 2.42. The van der Waals surface area contributed by atoms with Crippen molar-refractivity contribution in [3.8, 4) is 0 Å². The maximum atomic E-state index is 12.8. The maximum absolute atomic E-state index is 12.8. The highest BCUT2D eigenvalue weighted by Crippen LogP contribution is 2.33. The van der Waals surface area contributed by atoms with Gasteiger partial charge in [0.1, 0.15) is 0 Å². The van der Waals surface area contributed by atoms with Crippen LogP contribution >= 0.6 is 0 Å². The Morgan fingerprint density at radius 1 is 1.37 bits per heavy atom. The molecule has 1 N–H and O–H groups in total. The first-order valence-corrected chi connectivity index (χ1v) is 7.83. The van der Waals surface area contributed by atoms with Crippen LogP contribution in [0.2, 0.25) is 0 Å². The first-order chi connectivity index (χ1) is 9.13. The van der Waals surface area contributed by atoms with Crippen LogP contribution in [0.1, 0.15) is 39.5 Å². The van der Waals surface area contributed by atoms with Crippen LogP contribution in [-0.2, 0) is 4.79 Å². The smallest absolute Gasteiger partial charge is 0.230 e. The van der Waals surface area contributed by atoms with Gasteiger partial charge in [-0.3, -0.25) is 4.79 Å². The molecule has 0 radical (unpaired) electrons. The van der Waals surface area contributed by atoms with Gasteiger partial charge < -0.3 is 15.1 Å². The fourth-order valence-electron chi connectivity index (χ4n) is 3.54. The number of likely N-dealkylation sites (tertiary alicyclic amines) is 1. The van der Waals surface area contributed by atoms with Gasteiger partial charge in [0.15, 0.2) is 0 Å². The van der Waals surface area contributed by atoms with Gasteiger partial charge in [-0.25, -0.2) is 0 Å². The van der Waals surface area contributed by atoms with E-state index in [1.54, 1.807) is 0 Å². The molecule has 4 nitrogen and oxygen atoms in total. The van der Waals surface area contributed by atoms with Gasteiger partial charge in [-0.1, -0.05) is 13.8 Å². The molecule has 2 fully saturated rings. The first-order valence-electron chi connectivity index (χ1n) is 7.83.